The van der Waals surface area contributed by atoms with Gasteiger partial charge in [-0.3, -0.25) is 4.90 Å². The fourth-order valence-electron chi connectivity index (χ4n) is 2.30. The third-order valence-corrected chi connectivity index (χ3v) is 4.24. The number of rotatable bonds is 5. The van der Waals surface area contributed by atoms with E-state index >= 15 is 0 Å². The van der Waals surface area contributed by atoms with E-state index in [4.69, 9.17) is 40.5 Å². The molecule has 0 radical (unpaired) electrons. The second-order valence-electron chi connectivity index (χ2n) is 4.96. The Morgan fingerprint density at radius 2 is 1.62 bits per heavy atom. The zero-order valence-electron chi connectivity index (χ0n) is 11.7. The van der Waals surface area contributed by atoms with Gasteiger partial charge in [0.05, 0.1) is 0 Å². The van der Waals surface area contributed by atoms with Crippen LogP contribution in [-0.4, -0.2) is 18.5 Å². The maximum absolute atomic E-state index is 6.29. The van der Waals surface area contributed by atoms with Crippen molar-refractivity contribution in [2.45, 2.75) is 12.6 Å². The van der Waals surface area contributed by atoms with Crippen LogP contribution in [-0.2, 0) is 6.54 Å². The van der Waals surface area contributed by atoms with Crippen LogP contribution in [0.4, 0.5) is 0 Å². The quantitative estimate of drug-likeness (QED) is 0.846. The van der Waals surface area contributed by atoms with E-state index in [-0.39, 0.29) is 6.04 Å². The summed E-state index contributed by atoms with van der Waals surface area (Å²) < 4.78 is 0. The molecule has 5 heteroatoms. The Kier molecular flexibility index (Phi) is 5.91. The molecule has 1 unspecified atom stereocenters. The van der Waals surface area contributed by atoms with E-state index in [1.807, 2.05) is 43.4 Å². The molecule has 2 N–H and O–H groups in total. The van der Waals surface area contributed by atoms with Gasteiger partial charge in [0, 0.05) is 34.2 Å². The van der Waals surface area contributed by atoms with Crippen molar-refractivity contribution in [3.63, 3.8) is 0 Å². The van der Waals surface area contributed by atoms with Crippen molar-refractivity contribution >= 4 is 34.8 Å². The molecule has 2 rings (SSSR count). The van der Waals surface area contributed by atoms with Gasteiger partial charge in [-0.1, -0.05) is 53.0 Å². The molecule has 0 amide bonds. The lowest BCUT2D eigenvalue weighted by molar-refractivity contribution is 0.242. The molecule has 2 nitrogen and oxygen atoms in total. The van der Waals surface area contributed by atoms with Gasteiger partial charge in [0.15, 0.2) is 0 Å². The van der Waals surface area contributed by atoms with Crippen LogP contribution in [0.1, 0.15) is 17.2 Å². The fourth-order valence-corrected chi connectivity index (χ4v) is 2.96. The lowest BCUT2D eigenvalue weighted by Gasteiger charge is -2.28. The van der Waals surface area contributed by atoms with E-state index in [0.29, 0.717) is 16.6 Å². The molecule has 0 aromatic heterocycles. The van der Waals surface area contributed by atoms with Crippen LogP contribution < -0.4 is 5.73 Å². The first-order valence-corrected chi connectivity index (χ1v) is 7.74. The third kappa shape index (κ3) is 4.35. The third-order valence-electron chi connectivity index (χ3n) is 3.42. The highest BCUT2D eigenvalue weighted by atomic mass is 35.5. The second kappa shape index (κ2) is 7.48. The van der Waals surface area contributed by atoms with E-state index in [9.17, 15) is 0 Å². The minimum Gasteiger partial charge on any atom is -0.329 e. The van der Waals surface area contributed by atoms with Crippen molar-refractivity contribution in [1.29, 1.82) is 0 Å². The van der Waals surface area contributed by atoms with Gasteiger partial charge in [0.25, 0.3) is 0 Å². The molecule has 0 aliphatic heterocycles. The maximum Gasteiger partial charge on any atom is 0.0485 e. The number of likely N-dealkylation sites (N-methyl/N-ethyl adjacent to an activating group) is 1. The summed E-state index contributed by atoms with van der Waals surface area (Å²) in [6.45, 7) is 1.24. The molecule has 0 aliphatic carbocycles. The number of benzene rings is 2. The topological polar surface area (TPSA) is 29.3 Å². The average molecular weight is 344 g/mol. The first-order valence-electron chi connectivity index (χ1n) is 6.61. The largest absolute Gasteiger partial charge is 0.329 e. The van der Waals surface area contributed by atoms with Crippen LogP contribution in [0.5, 0.6) is 0 Å². The van der Waals surface area contributed by atoms with Gasteiger partial charge in [0.2, 0.25) is 0 Å². The summed E-state index contributed by atoms with van der Waals surface area (Å²) in [5, 5.41) is 2.00. The zero-order valence-corrected chi connectivity index (χ0v) is 14.0. The van der Waals surface area contributed by atoms with E-state index in [0.717, 1.165) is 17.1 Å². The Morgan fingerprint density at radius 3 is 2.19 bits per heavy atom. The standard InChI is InChI=1S/C16H17Cl3N2/c1-21(10-11-2-4-12(17)5-3-11)16(9-20)14-7-6-13(18)8-15(14)19/h2-8,16H,9-10,20H2,1H3. The lowest BCUT2D eigenvalue weighted by atomic mass is 10.0. The number of hydrogen-bond acceptors (Lipinski definition) is 2. The monoisotopic (exact) mass is 342 g/mol. The highest BCUT2D eigenvalue weighted by Gasteiger charge is 2.18. The molecule has 1 atom stereocenters. The molecule has 0 spiro atoms. The minimum absolute atomic E-state index is 0.0328. The van der Waals surface area contributed by atoms with Crippen molar-refractivity contribution < 1.29 is 0 Å². The van der Waals surface area contributed by atoms with E-state index in [2.05, 4.69) is 4.90 Å². The van der Waals surface area contributed by atoms with Crippen LogP contribution in [0.15, 0.2) is 42.5 Å². The highest BCUT2D eigenvalue weighted by molar-refractivity contribution is 6.35. The Balaban J connectivity index is 2.18. The number of nitrogens with zero attached hydrogens (tertiary/aromatic N) is 1. The zero-order chi connectivity index (χ0) is 15.4. The first-order chi connectivity index (χ1) is 10.0. The van der Waals surface area contributed by atoms with Crippen molar-refractivity contribution in [3.8, 4) is 0 Å². The Labute approximate surface area is 140 Å². The summed E-state index contributed by atoms with van der Waals surface area (Å²) >= 11 is 18.1. The highest BCUT2D eigenvalue weighted by Crippen LogP contribution is 2.29. The molecule has 0 aliphatic rings. The number of nitrogens with two attached hydrogens (primary N) is 1. The predicted octanol–water partition coefficient (Wildman–Crippen LogP) is 4.78. The molecule has 2 aromatic rings. The Hall–Kier alpha value is -0.770. The van der Waals surface area contributed by atoms with Gasteiger partial charge >= 0.3 is 0 Å². The van der Waals surface area contributed by atoms with Gasteiger partial charge < -0.3 is 5.73 Å². The second-order valence-corrected chi connectivity index (χ2v) is 6.24. The molecule has 2 aromatic carbocycles. The summed E-state index contributed by atoms with van der Waals surface area (Å²) in [6.07, 6.45) is 0. The molecular weight excluding hydrogens is 327 g/mol. The van der Waals surface area contributed by atoms with Crippen molar-refractivity contribution in [1.82, 2.24) is 4.90 Å². The molecule has 0 bridgehead atoms. The van der Waals surface area contributed by atoms with E-state index in [1.165, 1.54) is 5.56 Å². The van der Waals surface area contributed by atoms with Gasteiger partial charge in [-0.15, -0.1) is 0 Å². The lowest BCUT2D eigenvalue weighted by Crippen LogP contribution is -2.30. The average Bonchev–Trinajstić information content (AvgIpc) is 2.44. The predicted molar refractivity (Wildman–Crippen MR) is 91.2 cm³/mol. The van der Waals surface area contributed by atoms with Gasteiger partial charge in [-0.25, -0.2) is 0 Å². The molecule has 0 fully saturated rings. The summed E-state index contributed by atoms with van der Waals surface area (Å²) in [5.74, 6) is 0. The van der Waals surface area contributed by atoms with Gasteiger partial charge in [0.1, 0.15) is 0 Å². The summed E-state index contributed by atoms with van der Waals surface area (Å²) in [4.78, 5) is 2.17. The summed E-state index contributed by atoms with van der Waals surface area (Å²) in [5.41, 5.74) is 8.09. The van der Waals surface area contributed by atoms with Gasteiger partial charge in [-0.2, -0.15) is 0 Å². The van der Waals surface area contributed by atoms with Crippen molar-refractivity contribution in [2.75, 3.05) is 13.6 Å². The molecular formula is C16H17Cl3N2. The Bertz CT molecular complexity index is 599. The molecule has 0 saturated carbocycles. The van der Waals surface area contributed by atoms with Crippen LogP contribution >= 0.6 is 34.8 Å². The fraction of sp³-hybridized carbons (Fsp3) is 0.250. The Morgan fingerprint density at radius 1 is 1.00 bits per heavy atom. The van der Waals surface area contributed by atoms with Crippen LogP contribution in [0, 0.1) is 0 Å². The molecule has 21 heavy (non-hydrogen) atoms. The summed E-state index contributed by atoms with van der Waals surface area (Å²) in [6, 6.07) is 13.3. The van der Waals surface area contributed by atoms with E-state index in [1.54, 1.807) is 6.07 Å². The smallest absolute Gasteiger partial charge is 0.0485 e. The first kappa shape index (κ1) is 16.6. The molecule has 0 saturated heterocycles. The molecule has 112 valence electrons. The van der Waals surface area contributed by atoms with Crippen molar-refractivity contribution in [3.05, 3.63) is 68.7 Å². The van der Waals surface area contributed by atoms with Gasteiger partial charge in [-0.05, 0) is 42.4 Å². The maximum atomic E-state index is 6.29. The molecule has 0 heterocycles. The summed E-state index contributed by atoms with van der Waals surface area (Å²) in [7, 11) is 2.02. The van der Waals surface area contributed by atoms with E-state index < -0.39 is 0 Å². The van der Waals surface area contributed by atoms with Crippen LogP contribution in [0.25, 0.3) is 0 Å². The number of hydrogen-bond donors (Lipinski definition) is 1. The minimum atomic E-state index is 0.0328. The van der Waals surface area contributed by atoms with Crippen molar-refractivity contribution in [2.24, 2.45) is 5.73 Å². The van der Waals surface area contributed by atoms with Crippen LogP contribution in [0.3, 0.4) is 0 Å². The normalized spacial score (nSPS) is 12.7. The SMILES string of the molecule is CN(Cc1ccc(Cl)cc1)C(CN)c1ccc(Cl)cc1Cl. The number of halogens is 3. The van der Waals surface area contributed by atoms with Crippen LogP contribution in [0.2, 0.25) is 15.1 Å².